The van der Waals surface area contributed by atoms with Crippen molar-refractivity contribution in [2.75, 3.05) is 0 Å². The summed E-state index contributed by atoms with van der Waals surface area (Å²) in [4.78, 5) is 12.3. The van der Waals surface area contributed by atoms with Gasteiger partial charge in [-0.25, -0.2) is 4.39 Å². The highest BCUT2D eigenvalue weighted by Gasteiger charge is 2.16. The maximum absolute atomic E-state index is 13.3. The number of hydrogen-bond donors (Lipinski definition) is 1. The minimum atomic E-state index is -0.371. The van der Waals surface area contributed by atoms with Crippen molar-refractivity contribution in [2.45, 2.75) is 30.3 Å². The molecule has 6 nitrogen and oxygen atoms in total. The number of aryl methyl sites for hydroxylation is 1. The smallest absolute Gasteiger partial charge is 0.220 e. The van der Waals surface area contributed by atoms with Gasteiger partial charge in [0.1, 0.15) is 17.4 Å². The summed E-state index contributed by atoms with van der Waals surface area (Å²) in [6.45, 7) is 0.344. The monoisotopic (exact) mass is 470 g/mol. The molecule has 0 fully saturated rings. The number of rotatable bonds is 9. The van der Waals surface area contributed by atoms with E-state index in [0.717, 1.165) is 11.3 Å². The Kier molecular flexibility index (Phi) is 7.24. The van der Waals surface area contributed by atoms with Crippen molar-refractivity contribution in [1.29, 1.82) is 0 Å². The first-order valence-corrected chi connectivity index (χ1v) is 11.3. The van der Waals surface area contributed by atoms with Crippen molar-refractivity contribution >= 4 is 29.3 Å². The lowest BCUT2D eigenvalue weighted by Crippen LogP contribution is -2.23. The van der Waals surface area contributed by atoms with Gasteiger partial charge in [-0.1, -0.05) is 47.6 Å². The average Bonchev–Trinajstić information content (AvgIpc) is 3.46. The van der Waals surface area contributed by atoms with Crippen molar-refractivity contribution in [1.82, 2.24) is 20.1 Å². The van der Waals surface area contributed by atoms with Gasteiger partial charge in [0.25, 0.3) is 0 Å². The second-order valence-corrected chi connectivity index (χ2v) is 8.30. The molecular formula is C23H20ClFN4O2S. The molecule has 2 aromatic heterocycles. The van der Waals surface area contributed by atoms with E-state index in [2.05, 4.69) is 15.5 Å². The maximum atomic E-state index is 13.3. The second kappa shape index (κ2) is 10.5. The number of halogens is 2. The van der Waals surface area contributed by atoms with Crippen LogP contribution >= 0.6 is 23.4 Å². The van der Waals surface area contributed by atoms with Crippen molar-refractivity contribution in [3.05, 3.63) is 94.9 Å². The number of amides is 1. The van der Waals surface area contributed by atoms with E-state index in [0.29, 0.717) is 40.5 Å². The molecule has 164 valence electrons. The van der Waals surface area contributed by atoms with Crippen molar-refractivity contribution in [2.24, 2.45) is 0 Å². The van der Waals surface area contributed by atoms with Crippen LogP contribution in [0.5, 0.6) is 0 Å². The van der Waals surface area contributed by atoms with Gasteiger partial charge in [0.05, 0.1) is 12.8 Å². The predicted molar refractivity (Wildman–Crippen MR) is 121 cm³/mol. The summed E-state index contributed by atoms with van der Waals surface area (Å²) in [5, 5.41) is 12.5. The standard InChI is InChI=1S/C23H20ClFN4O2S/c24-20-13-17(25)9-8-16(20)15-32-23-28-27-21(29(23)18-5-2-1-3-6-18)10-11-22(30)26-14-19-7-4-12-31-19/h1-9,12-13H,10-11,14-15H2,(H,26,30). The van der Waals surface area contributed by atoms with E-state index in [4.69, 9.17) is 16.0 Å². The van der Waals surface area contributed by atoms with Gasteiger partial charge in [0.15, 0.2) is 5.16 Å². The minimum Gasteiger partial charge on any atom is -0.467 e. The molecule has 0 spiro atoms. The number of aromatic nitrogens is 3. The number of hydrogen-bond acceptors (Lipinski definition) is 5. The lowest BCUT2D eigenvalue weighted by atomic mass is 10.2. The number of furan rings is 1. The topological polar surface area (TPSA) is 73.0 Å². The average molecular weight is 471 g/mol. The summed E-state index contributed by atoms with van der Waals surface area (Å²) >= 11 is 7.61. The molecule has 9 heteroatoms. The lowest BCUT2D eigenvalue weighted by Gasteiger charge is -2.11. The van der Waals surface area contributed by atoms with Gasteiger partial charge >= 0.3 is 0 Å². The molecule has 0 aliphatic carbocycles. The van der Waals surface area contributed by atoms with Crippen LogP contribution in [0.15, 0.2) is 76.5 Å². The fourth-order valence-corrected chi connectivity index (χ4v) is 4.37. The predicted octanol–water partition coefficient (Wildman–Crippen LogP) is 5.19. The van der Waals surface area contributed by atoms with Crippen molar-refractivity contribution in [3.63, 3.8) is 0 Å². The van der Waals surface area contributed by atoms with Gasteiger partial charge in [-0.2, -0.15) is 0 Å². The molecule has 1 N–H and O–H groups in total. The first-order valence-electron chi connectivity index (χ1n) is 9.95. The highest BCUT2D eigenvalue weighted by Crippen LogP contribution is 2.28. The van der Waals surface area contributed by atoms with Gasteiger partial charge in [-0.3, -0.25) is 9.36 Å². The SMILES string of the molecule is O=C(CCc1nnc(SCc2ccc(F)cc2Cl)n1-c1ccccc1)NCc1ccco1. The van der Waals surface area contributed by atoms with Crippen LogP contribution in [0.4, 0.5) is 4.39 Å². The molecule has 4 aromatic rings. The number of carbonyl (C=O) groups excluding carboxylic acids is 1. The molecule has 0 aliphatic rings. The number of para-hydroxylation sites is 1. The number of carbonyl (C=O) groups is 1. The minimum absolute atomic E-state index is 0.101. The number of nitrogens with zero attached hydrogens (tertiary/aromatic N) is 3. The van der Waals surface area contributed by atoms with E-state index in [9.17, 15) is 9.18 Å². The van der Waals surface area contributed by atoms with Gasteiger partial charge in [-0.15, -0.1) is 10.2 Å². The van der Waals surface area contributed by atoms with Crippen molar-refractivity contribution in [3.8, 4) is 5.69 Å². The quantitative estimate of drug-likeness (QED) is 0.340. The van der Waals surface area contributed by atoms with Gasteiger partial charge in [-0.05, 0) is 42.0 Å². The Hall–Kier alpha value is -3.10. The van der Waals surface area contributed by atoms with Gasteiger partial charge in [0, 0.05) is 29.3 Å². The molecule has 0 bridgehead atoms. The molecule has 2 aromatic carbocycles. The van der Waals surface area contributed by atoms with Gasteiger partial charge in [0.2, 0.25) is 5.91 Å². The normalized spacial score (nSPS) is 10.9. The van der Waals surface area contributed by atoms with E-state index < -0.39 is 0 Å². The highest BCUT2D eigenvalue weighted by atomic mass is 35.5. The molecule has 32 heavy (non-hydrogen) atoms. The molecule has 0 atom stereocenters. The maximum Gasteiger partial charge on any atom is 0.220 e. The number of nitrogens with one attached hydrogen (secondary N) is 1. The van der Waals surface area contributed by atoms with Gasteiger partial charge < -0.3 is 9.73 Å². The number of thioether (sulfide) groups is 1. The zero-order valence-electron chi connectivity index (χ0n) is 17.0. The Balaban J connectivity index is 1.47. The van der Waals surface area contributed by atoms with E-state index in [1.807, 2.05) is 41.0 Å². The molecule has 0 saturated heterocycles. The molecule has 2 heterocycles. The zero-order chi connectivity index (χ0) is 22.3. The first-order chi connectivity index (χ1) is 15.6. The van der Waals surface area contributed by atoms with Crippen LogP contribution in [0, 0.1) is 5.82 Å². The largest absolute Gasteiger partial charge is 0.467 e. The highest BCUT2D eigenvalue weighted by molar-refractivity contribution is 7.98. The summed E-state index contributed by atoms with van der Waals surface area (Å²) in [5.74, 6) is 1.41. The molecule has 0 aliphatic heterocycles. The van der Waals surface area contributed by atoms with Crippen LogP contribution < -0.4 is 5.32 Å². The zero-order valence-corrected chi connectivity index (χ0v) is 18.6. The van der Waals surface area contributed by atoms with Crippen LogP contribution in [0.1, 0.15) is 23.6 Å². The van der Waals surface area contributed by atoms with Crippen LogP contribution in [-0.4, -0.2) is 20.7 Å². The van der Waals surface area contributed by atoms with E-state index in [1.165, 1.54) is 23.9 Å². The Morgan fingerprint density at radius 1 is 1.12 bits per heavy atom. The summed E-state index contributed by atoms with van der Waals surface area (Å²) in [6, 6.07) is 17.6. The Morgan fingerprint density at radius 3 is 2.72 bits per heavy atom. The number of benzene rings is 2. The molecule has 1 amide bonds. The third kappa shape index (κ3) is 5.57. The molecule has 4 rings (SSSR count). The third-order valence-electron chi connectivity index (χ3n) is 4.70. The summed E-state index contributed by atoms with van der Waals surface area (Å²) in [6.07, 6.45) is 2.26. The molecule has 0 saturated carbocycles. The van der Waals surface area contributed by atoms with E-state index in [-0.39, 0.29) is 18.1 Å². The second-order valence-electron chi connectivity index (χ2n) is 6.95. The lowest BCUT2D eigenvalue weighted by molar-refractivity contribution is -0.121. The van der Waals surface area contributed by atoms with Crippen molar-refractivity contribution < 1.29 is 13.6 Å². The fraction of sp³-hybridized carbons (Fsp3) is 0.174. The fourth-order valence-electron chi connectivity index (χ4n) is 3.09. The van der Waals surface area contributed by atoms with Crippen LogP contribution in [0.3, 0.4) is 0 Å². The van der Waals surface area contributed by atoms with E-state index in [1.54, 1.807) is 18.4 Å². The first kappa shape index (κ1) is 22.1. The van der Waals surface area contributed by atoms with E-state index >= 15 is 0 Å². The third-order valence-corrected chi connectivity index (χ3v) is 6.03. The molecule has 0 unspecified atom stereocenters. The molecular weight excluding hydrogens is 451 g/mol. The Labute approximate surface area is 193 Å². The summed E-state index contributed by atoms with van der Waals surface area (Å²) < 4.78 is 20.5. The van der Waals surface area contributed by atoms with Crippen LogP contribution in [0.2, 0.25) is 5.02 Å². The summed E-state index contributed by atoms with van der Waals surface area (Å²) in [7, 11) is 0. The van der Waals surface area contributed by atoms with Crippen LogP contribution in [-0.2, 0) is 23.5 Å². The Bertz CT molecular complexity index is 1180. The summed E-state index contributed by atoms with van der Waals surface area (Å²) in [5.41, 5.74) is 1.70. The molecule has 0 radical (unpaired) electrons. The van der Waals surface area contributed by atoms with Crippen LogP contribution in [0.25, 0.3) is 5.69 Å². The Morgan fingerprint density at radius 2 is 1.97 bits per heavy atom.